The number of amides is 2. The van der Waals surface area contributed by atoms with Crippen molar-refractivity contribution < 1.29 is 14.7 Å². The first-order valence-electron chi connectivity index (χ1n) is 6.87. The maximum Gasteiger partial charge on any atom is 0.337 e. The van der Waals surface area contributed by atoms with E-state index in [2.05, 4.69) is 35.1 Å². The molecule has 1 aliphatic rings. The Morgan fingerprint density at radius 2 is 2.10 bits per heavy atom. The molecule has 0 atom stereocenters. The van der Waals surface area contributed by atoms with Gasteiger partial charge in [0.25, 0.3) is 0 Å². The van der Waals surface area contributed by atoms with Crippen LogP contribution in [0.15, 0.2) is 22.7 Å². The zero-order valence-electron chi connectivity index (χ0n) is 12.1. The first kappa shape index (κ1) is 15.8. The summed E-state index contributed by atoms with van der Waals surface area (Å²) in [6, 6.07) is 4.55. The summed E-state index contributed by atoms with van der Waals surface area (Å²) in [5.74, 6) is -1.06. The van der Waals surface area contributed by atoms with Crippen molar-refractivity contribution >= 4 is 33.6 Å². The molecule has 0 spiro atoms. The van der Waals surface area contributed by atoms with Gasteiger partial charge in [-0.25, -0.2) is 9.59 Å². The molecule has 0 bridgehead atoms. The van der Waals surface area contributed by atoms with E-state index in [-0.39, 0.29) is 17.0 Å². The van der Waals surface area contributed by atoms with Gasteiger partial charge < -0.3 is 15.3 Å². The second kappa shape index (κ2) is 6.05. The molecule has 0 radical (unpaired) electrons. The lowest BCUT2D eigenvalue weighted by atomic mass is 9.84. The quantitative estimate of drug-likeness (QED) is 0.848. The number of halogens is 1. The van der Waals surface area contributed by atoms with E-state index in [1.54, 1.807) is 17.0 Å². The van der Waals surface area contributed by atoms with Gasteiger partial charge in [0.15, 0.2) is 0 Å². The summed E-state index contributed by atoms with van der Waals surface area (Å²) in [5.41, 5.74) is 0.498. The number of urea groups is 1. The summed E-state index contributed by atoms with van der Waals surface area (Å²) in [4.78, 5) is 25.3. The number of hydrogen-bond acceptors (Lipinski definition) is 2. The lowest BCUT2D eigenvalue weighted by Gasteiger charge is -2.38. The highest BCUT2D eigenvalue weighted by Gasteiger charge is 2.29. The summed E-state index contributed by atoms with van der Waals surface area (Å²) < 4.78 is 0.664. The van der Waals surface area contributed by atoms with Crippen LogP contribution in [0.25, 0.3) is 0 Å². The summed E-state index contributed by atoms with van der Waals surface area (Å²) >= 11 is 3.24. The Morgan fingerprint density at radius 1 is 1.38 bits per heavy atom. The van der Waals surface area contributed by atoms with Crippen LogP contribution in [0.5, 0.6) is 0 Å². The first-order valence-corrected chi connectivity index (χ1v) is 7.67. The van der Waals surface area contributed by atoms with Gasteiger partial charge in [-0.3, -0.25) is 0 Å². The Labute approximate surface area is 132 Å². The maximum absolute atomic E-state index is 12.3. The number of likely N-dealkylation sites (tertiary alicyclic amines) is 1. The van der Waals surface area contributed by atoms with Crippen molar-refractivity contribution in [1.82, 2.24) is 4.90 Å². The fourth-order valence-electron chi connectivity index (χ4n) is 2.59. The summed E-state index contributed by atoms with van der Waals surface area (Å²) in [6.07, 6.45) is 2.06. The van der Waals surface area contributed by atoms with Crippen molar-refractivity contribution in [2.24, 2.45) is 5.41 Å². The smallest absolute Gasteiger partial charge is 0.337 e. The van der Waals surface area contributed by atoms with E-state index in [0.717, 1.165) is 12.8 Å². The summed E-state index contributed by atoms with van der Waals surface area (Å²) in [7, 11) is 0. The predicted octanol–water partition coefficient (Wildman–Crippen LogP) is 3.80. The fraction of sp³-hybridized carbons (Fsp3) is 0.467. The van der Waals surface area contributed by atoms with Crippen LogP contribution in [-0.2, 0) is 0 Å². The topological polar surface area (TPSA) is 69.6 Å². The molecule has 1 fully saturated rings. The number of benzene rings is 1. The van der Waals surface area contributed by atoms with Gasteiger partial charge >= 0.3 is 12.0 Å². The number of anilines is 1. The van der Waals surface area contributed by atoms with Gasteiger partial charge in [-0.05, 0) is 36.5 Å². The van der Waals surface area contributed by atoms with Crippen molar-refractivity contribution in [1.29, 1.82) is 0 Å². The van der Waals surface area contributed by atoms with E-state index in [9.17, 15) is 14.7 Å². The van der Waals surface area contributed by atoms with Crippen LogP contribution in [0.3, 0.4) is 0 Å². The third-order valence-corrected chi connectivity index (χ3v) is 4.13. The highest BCUT2D eigenvalue weighted by atomic mass is 79.9. The molecule has 0 aliphatic carbocycles. The van der Waals surface area contributed by atoms with Gasteiger partial charge in [-0.1, -0.05) is 29.8 Å². The van der Waals surface area contributed by atoms with E-state index >= 15 is 0 Å². The Hall–Kier alpha value is -1.56. The molecule has 21 heavy (non-hydrogen) atoms. The fourth-order valence-corrected chi connectivity index (χ4v) is 2.95. The van der Waals surface area contributed by atoms with Crippen LogP contribution in [0.1, 0.15) is 37.0 Å². The number of carbonyl (C=O) groups is 2. The third-order valence-electron chi connectivity index (χ3n) is 3.64. The minimum atomic E-state index is -1.06. The van der Waals surface area contributed by atoms with Gasteiger partial charge in [0.1, 0.15) is 0 Å². The van der Waals surface area contributed by atoms with Gasteiger partial charge in [0.2, 0.25) is 0 Å². The SMILES string of the molecule is CC1(C)CCCN(C(=O)Nc2ccc(Br)cc2C(=O)O)C1. The largest absolute Gasteiger partial charge is 0.478 e. The normalized spacial score (nSPS) is 17.4. The minimum absolute atomic E-state index is 0.0778. The molecule has 1 saturated heterocycles. The van der Waals surface area contributed by atoms with Crippen LogP contribution in [0.4, 0.5) is 10.5 Å². The van der Waals surface area contributed by atoms with Gasteiger partial charge in [0, 0.05) is 17.6 Å². The minimum Gasteiger partial charge on any atom is -0.478 e. The second-order valence-corrected chi connectivity index (χ2v) is 7.03. The van der Waals surface area contributed by atoms with Crippen molar-refractivity contribution in [2.75, 3.05) is 18.4 Å². The number of aromatic carboxylic acids is 1. The standard InChI is InChI=1S/C15H19BrN2O3/c1-15(2)6-3-7-18(9-15)14(21)17-12-5-4-10(16)8-11(12)13(19)20/h4-5,8H,3,6-7,9H2,1-2H3,(H,17,21)(H,19,20). The Kier molecular flexibility index (Phi) is 4.56. The van der Waals surface area contributed by atoms with Crippen molar-refractivity contribution in [3.05, 3.63) is 28.2 Å². The van der Waals surface area contributed by atoms with Crippen LogP contribution >= 0.6 is 15.9 Å². The molecule has 0 saturated carbocycles. The van der Waals surface area contributed by atoms with E-state index in [1.165, 1.54) is 6.07 Å². The van der Waals surface area contributed by atoms with E-state index < -0.39 is 5.97 Å². The maximum atomic E-state index is 12.3. The van der Waals surface area contributed by atoms with Crippen molar-refractivity contribution in [2.45, 2.75) is 26.7 Å². The van der Waals surface area contributed by atoms with E-state index in [1.807, 2.05) is 0 Å². The summed E-state index contributed by atoms with van der Waals surface area (Å²) in [5, 5.41) is 11.9. The number of piperidine rings is 1. The molecular weight excluding hydrogens is 336 g/mol. The zero-order chi connectivity index (χ0) is 15.6. The molecule has 2 amide bonds. The average Bonchev–Trinajstić information content (AvgIpc) is 2.39. The molecular formula is C15H19BrN2O3. The van der Waals surface area contributed by atoms with Gasteiger partial charge in [-0.2, -0.15) is 0 Å². The molecule has 0 unspecified atom stereocenters. The van der Waals surface area contributed by atoms with Gasteiger partial charge in [0.05, 0.1) is 11.3 Å². The third kappa shape index (κ3) is 3.97. The Morgan fingerprint density at radius 3 is 2.71 bits per heavy atom. The number of carbonyl (C=O) groups excluding carboxylic acids is 1. The predicted molar refractivity (Wildman–Crippen MR) is 84.7 cm³/mol. The molecule has 6 heteroatoms. The molecule has 1 aliphatic heterocycles. The Balaban J connectivity index is 2.14. The van der Waals surface area contributed by atoms with E-state index in [4.69, 9.17) is 0 Å². The number of carboxylic acid groups (broad SMARTS) is 1. The molecule has 1 aromatic carbocycles. The molecule has 2 rings (SSSR count). The van der Waals surface area contributed by atoms with Crippen LogP contribution < -0.4 is 5.32 Å². The average molecular weight is 355 g/mol. The lowest BCUT2D eigenvalue weighted by molar-refractivity contribution is 0.0698. The first-order chi connectivity index (χ1) is 9.78. The highest BCUT2D eigenvalue weighted by Crippen LogP contribution is 2.29. The molecule has 1 heterocycles. The molecule has 2 N–H and O–H groups in total. The lowest BCUT2D eigenvalue weighted by Crippen LogP contribution is -2.45. The molecule has 114 valence electrons. The van der Waals surface area contributed by atoms with Crippen molar-refractivity contribution in [3.8, 4) is 0 Å². The number of nitrogens with one attached hydrogen (secondary N) is 1. The zero-order valence-corrected chi connectivity index (χ0v) is 13.7. The van der Waals surface area contributed by atoms with Crippen molar-refractivity contribution in [3.63, 3.8) is 0 Å². The van der Waals surface area contributed by atoms with Crippen LogP contribution in [0.2, 0.25) is 0 Å². The highest BCUT2D eigenvalue weighted by molar-refractivity contribution is 9.10. The monoisotopic (exact) mass is 354 g/mol. The number of carboxylic acids is 1. The summed E-state index contributed by atoms with van der Waals surface area (Å²) in [6.45, 7) is 5.65. The Bertz CT molecular complexity index is 572. The number of rotatable bonds is 2. The van der Waals surface area contributed by atoms with E-state index in [0.29, 0.717) is 23.2 Å². The van der Waals surface area contributed by atoms with Crippen LogP contribution in [-0.4, -0.2) is 35.1 Å². The molecule has 1 aromatic rings. The van der Waals surface area contributed by atoms with Crippen LogP contribution in [0, 0.1) is 5.41 Å². The van der Waals surface area contributed by atoms with Gasteiger partial charge in [-0.15, -0.1) is 0 Å². The number of nitrogens with zero attached hydrogens (tertiary/aromatic N) is 1. The second-order valence-electron chi connectivity index (χ2n) is 6.11. The number of hydrogen-bond donors (Lipinski definition) is 2. The molecule has 5 nitrogen and oxygen atoms in total. The molecule has 0 aromatic heterocycles.